The minimum absolute atomic E-state index is 0.208. The van der Waals surface area contributed by atoms with Crippen LogP contribution in [0.5, 0.6) is 17.2 Å². The topological polar surface area (TPSA) is 92.3 Å². The van der Waals surface area contributed by atoms with E-state index in [0.29, 0.717) is 49.0 Å². The maximum absolute atomic E-state index is 12.2. The largest absolute Gasteiger partial charge is 0.496 e. The Bertz CT molecular complexity index is 760. The van der Waals surface area contributed by atoms with Crippen LogP contribution in [0.3, 0.4) is 0 Å². The fourth-order valence-corrected chi connectivity index (χ4v) is 3.40. The van der Waals surface area contributed by atoms with Crippen molar-refractivity contribution < 1.29 is 33.3 Å². The predicted octanol–water partition coefficient (Wildman–Crippen LogP) is 2.59. The number of hydrogen-bond donors (Lipinski definition) is 1. The number of methoxy groups -OCH3 is 3. The minimum Gasteiger partial charge on any atom is -0.496 e. The zero-order valence-corrected chi connectivity index (χ0v) is 18.2. The maximum Gasteiger partial charge on any atom is 0.322 e. The van der Waals surface area contributed by atoms with Crippen molar-refractivity contribution in [1.82, 2.24) is 5.32 Å². The number of hydrogen-bond acceptors (Lipinski definition) is 8. The Kier molecular flexibility index (Phi) is 8.98. The normalized spacial score (nSPS) is 16.1. The minimum atomic E-state index is -0.434. The molecule has 2 atom stereocenters. The van der Waals surface area contributed by atoms with Crippen molar-refractivity contribution in [3.63, 3.8) is 0 Å². The van der Waals surface area contributed by atoms with Gasteiger partial charge in [0, 0.05) is 13.0 Å². The van der Waals surface area contributed by atoms with E-state index in [1.54, 1.807) is 20.3 Å². The lowest BCUT2D eigenvalue weighted by Gasteiger charge is -2.30. The maximum atomic E-state index is 12.2. The summed E-state index contributed by atoms with van der Waals surface area (Å²) in [5.41, 5.74) is 1.67. The van der Waals surface area contributed by atoms with Crippen LogP contribution >= 0.6 is 0 Å². The van der Waals surface area contributed by atoms with Crippen LogP contribution in [0.25, 0.3) is 6.08 Å². The van der Waals surface area contributed by atoms with Gasteiger partial charge in [0.05, 0.1) is 33.5 Å². The first kappa shape index (κ1) is 23.5. The summed E-state index contributed by atoms with van der Waals surface area (Å²) in [6.45, 7) is 5.12. The molecule has 0 amide bonds. The zero-order chi connectivity index (χ0) is 22.1. The number of nitrogens with one attached hydrogen (secondary N) is 1. The molecule has 0 fully saturated rings. The first-order chi connectivity index (χ1) is 14.4. The van der Waals surface area contributed by atoms with Crippen LogP contribution in [0.2, 0.25) is 0 Å². The van der Waals surface area contributed by atoms with Crippen molar-refractivity contribution >= 4 is 18.5 Å². The highest BCUT2D eigenvalue weighted by molar-refractivity contribution is 5.76. The van der Waals surface area contributed by atoms with Gasteiger partial charge in [-0.2, -0.15) is 0 Å². The van der Waals surface area contributed by atoms with Gasteiger partial charge in [0.2, 0.25) is 0 Å². The zero-order valence-electron chi connectivity index (χ0n) is 18.2. The number of benzene rings is 1. The van der Waals surface area contributed by atoms with E-state index >= 15 is 0 Å². The monoisotopic (exact) mass is 421 g/mol. The summed E-state index contributed by atoms with van der Waals surface area (Å²) in [7, 11) is 4.55. The van der Waals surface area contributed by atoms with Crippen LogP contribution in [-0.2, 0) is 19.1 Å². The molecule has 0 bridgehead atoms. The lowest BCUT2D eigenvalue weighted by Crippen LogP contribution is -2.42. The Morgan fingerprint density at radius 3 is 2.50 bits per heavy atom. The van der Waals surface area contributed by atoms with Crippen LogP contribution in [0.1, 0.15) is 32.3 Å². The molecule has 0 aliphatic carbocycles. The van der Waals surface area contributed by atoms with E-state index in [-0.39, 0.29) is 18.7 Å². The fourth-order valence-electron chi connectivity index (χ4n) is 3.40. The Hall–Kier alpha value is -2.74. The second-order valence-electron chi connectivity index (χ2n) is 7.38. The third-order valence-corrected chi connectivity index (χ3v) is 4.87. The number of fused-ring (bicyclic) bond motifs is 1. The van der Waals surface area contributed by atoms with E-state index in [9.17, 15) is 9.59 Å². The van der Waals surface area contributed by atoms with E-state index < -0.39 is 6.04 Å². The summed E-state index contributed by atoms with van der Waals surface area (Å²) < 4.78 is 27.0. The van der Waals surface area contributed by atoms with Gasteiger partial charge in [0.25, 0.3) is 6.47 Å². The highest BCUT2D eigenvalue weighted by Crippen LogP contribution is 2.43. The lowest BCUT2D eigenvalue weighted by molar-refractivity contribution is -0.143. The Morgan fingerprint density at radius 1 is 1.20 bits per heavy atom. The summed E-state index contributed by atoms with van der Waals surface area (Å²) in [6.07, 6.45) is 2.72. The van der Waals surface area contributed by atoms with Crippen molar-refractivity contribution in [1.29, 1.82) is 0 Å². The SMILES string of the molecule is COC(=O)[C@H](CC(C)C)NCC1=Cc2c(OC)ccc(OC)c2OC1CCOC=O. The molecule has 2 rings (SSSR count). The molecular weight excluding hydrogens is 390 g/mol. The number of rotatable bonds is 12. The molecule has 166 valence electrons. The molecule has 0 saturated heterocycles. The second-order valence-corrected chi connectivity index (χ2v) is 7.38. The molecule has 8 heteroatoms. The summed E-state index contributed by atoms with van der Waals surface area (Å²) in [4.78, 5) is 22.7. The number of carbonyl (C=O) groups excluding carboxylic acids is 2. The van der Waals surface area contributed by atoms with E-state index in [0.717, 1.165) is 11.1 Å². The molecule has 30 heavy (non-hydrogen) atoms. The van der Waals surface area contributed by atoms with Gasteiger partial charge in [-0.3, -0.25) is 9.59 Å². The van der Waals surface area contributed by atoms with Crippen LogP contribution in [0, 0.1) is 5.92 Å². The van der Waals surface area contributed by atoms with E-state index in [4.69, 9.17) is 23.7 Å². The number of esters is 1. The Balaban J connectivity index is 2.33. The summed E-state index contributed by atoms with van der Waals surface area (Å²) in [5, 5.41) is 3.28. The average molecular weight is 421 g/mol. The van der Waals surface area contributed by atoms with Gasteiger partial charge in [0.1, 0.15) is 17.9 Å². The molecule has 0 spiro atoms. The third kappa shape index (κ3) is 5.89. The summed E-state index contributed by atoms with van der Waals surface area (Å²) >= 11 is 0. The first-order valence-electron chi connectivity index (χ1n) is 9.93. The number of carbonyl (C=O) groups is 2. The van der Waals surface area contributed by atoms with Crippen molar-refractivity contribution in [2.24, 2.45) is 5.92 Å². The Labute approximate surface area is 177 Å². The predicted molar refractivity (Wildman–Crippen MR) is 112 cm³/mol. The lowest BCUT2D eigenvalue weighted by atomic mass is 9.97. The fraction of sp³-hybridized carbons (Fsp3) is 0.545. The van der Waals surface area contributed by atoms with Crippen LogP contribution in [0.15, 0.2) is 17.7 Å². The molecule has 1 unspecified atom stereocenters. The van der Waals surface area contributed by atoms with Crippen molar-refractivity contribution in [3.05, 3.63) is 23.3 Å². The van der Waals surface area contributed by atoms with Gasteiger partial charge in [0.15, 0.2) is 11.5 Å². The molecule has 1 aromatic carbocycles. The van der Waals surface area contributed by atoms with Crippen molar-refractivity contribution in [3.8, 4) is 17.2 Å². The summed E-state index contributed by atoms with van der Waals surface area (Å²) in [5.74, 6) is 1.82. The smallest absolute Gasteiger partial charge is 0.322 e. The molecule has 0 radical (unpaired) electrons. The molecule has 0 saturated carbocycles. The van der Waals surface area contributed by atoms with Crippen LogP contribution in [-0.4, -0.2) is 59.1 Å². The van der Waals surface area contributed by atoms with Gasteiger partial charge in [-0.1, -0.05) is 13.8 Å². The quantitative estimate of drug-likeness (QED) is 0.313. The van der Waals surface area contributed by atoms with E-state index in [2.05, 4.69) is 5.32 Å². The van der Waals surface area contributed by atoms with Gasteiger partial charge in [-0.05, 0) is 36.1 Å². The van der Waals surface area contributed by atoms with Crippen LogP contribution < -0.4 is 19.5 Å². The van der Waals surface area contributed by atoms with Gasteiger partial charge >= 0.3 is 5.97 Å². The average Bonchev–Trinajstić information content (AvgIpc) is 2.75. The first-order valence-corrected chi connectivity index (χ1v) is 9.93. The van der Waals surface area contributed by atoms with Gasteiger partial charge < -0.3 is 29.0 Å². The van der Waals surface area contributed by atoms with E-state index in [1.807, 2.05) is 26.0 Å². The van der Waals surface area contributed by atoms with Crippen molar-refractivity contribution in [2.45, 2.75) is 38.8 Å². The third-order valence-electron chi connectivity index (χ3n) is 4.87. The molecule has 1 heterocycles. The number of ether oxygens (including phenoxy) is 5. The molecule has 1 aromatic rings. The highest BCUT2D eigenvalue weighted by Gasteiger charge is 2.29. The highest BCUT2D eigenvalue weighted by atomic mass is 16.5. The van der Waals surface area contributed by atoms with E-state index in [1.165, 1.54) is 7.11 Å². The van der Waals surface area contributed by atoms with Gasteiger partial charge in [-0.25, -0.2) is 0 Å². The van der Waals surface area contributed by atoms with Gasteiger partial charge in [-0.15, -0.1) is 0 Å². The molecule has 1 N–H and O–H groups in total. The van der Waals surface area contributed by atoms with Crippen LogP contribution in [0.4, 0.5) is 0 Å². The molecule has 0 aromatic heterocycles. The standard InChI is InChI=1S/C22H31NO7/c1-14(2)10-17(22(25)28-5)23-12-15-11-16-19(26-3)6-7-20(27-4)21(16)30-18(15)8-9-29-13-24/h6-7,11,13-14,17-18,23H,8-10,12H2,1-5H3/t17-,18?/m0/s1. The molecule has 1 aliphatic rings. The Morgan fingerprint density at radius 2 is 1.90 bits per heavy atom. The second kappa shape index (κ2) is 11.4. The summed E-state index contributed by atoms with van der Waals surface area (Å²) in [6, 6.07) is 3.16. The molecule has 8 nitrogen and oxygen atoms in total. The molecular formula is C22H31NO7. The molecule has 1 aliphatic heterocycles. The van der Waals surface area contributed by atoms with Crippen molar-refractivity contribution in [2.75, 3.05) is 34.5 Å².